The molecular weight excluding hydrogens is 540 g/mol. The van der Waals surface area contributed by atoms with E-state index >= 15 is 0 Å². The molecule has 0 spiro atoms. The molecule has 0 atom stereocenters. The monoisotopic (exact) mass is 590 g/mol. The van der Waals surface area contributed by atoms with E-state index in [4.69, 9.17) is 0 Å². The third-order valence-corrected chi connectivity index (χ3v) is 10.9. The molecule has 7 rings (SSSR count). The van der Waals surface area contributed by atoms with Crippen LogP contribution in [0.2, 0.25) is 0 Å². The summed E-state index contributed by atoms with van der Waals surface area (Å²) in [5.74, 6) is 0.680. The van der Waals surface area contributed by atoms with Gasteiger partial charge in [0.05, 0.1) is 0 Å². The minimum absolute atomic E-state index is 0.680. The minimum atomic E-state index is 0.680. The summed E-state index contributed by atoms with van der Waals surface area (Å²) in [6, 6.07) is 31.4. The summed E-state index contributed by atoms with van der Waals surface area (Å²) < 4.78 is 0. The predicted molar refractivity (Wildman–Crippen MR) is 199 cm³/mol. The van der Waals surface area contributed by atoms with Crippen molar-refractivity contribution in [1.82, 2.24) is 0 Å². The van der Waals surface area contributed by atoms with E-state index in [9.17, 15) is 0 Å². The van der Waals surface area contributed by atoms with Gasteiger partial charge in [-0.15, -0.1) is 6.58 Å². The van der Waals surface area contributed by atoms with E-state index in [-0.39, 0.29) is 0 Å². The van der Waals surface area contributed by atoms with Gasteiger partial charge in [-0.25, -0.2) is 0 Å². The fourth-order valence-corrected chi connectivity index (χ4v) is 8.53. The van der Waals surface area contributed by atoms with Crippen LogP contribution in [0.4, 0.5) is 0 Å². The lowest BCUT2D eigenvalue weighted by molar-refractivity contribution is 0.444. The lowest BCUT2D eigenvalue weighted by atomic mass is 9.78. The summed E-state index contributed by atoms with van der Waals surface area (Å²) in [5.41, 5.74) is 7.53. The second-order valence-corrected chi connectivity index (χ2v) is 13.8. The Morgan fingerprint density at radius 3 is 2.02 bits per heavy atom. The van der Waals surface area contributed by atoms with Gasteiger partial charge in [0.25, 0.3) is 0 Å². The highest BCUT2D eigenvalue weighted by Gasteiger charge is 2.22. The van der Waals surface area contributed by atoms with E-state index in [1.165, 1.54) is 149 Å². The smallest absolute Gasteiger partial charge is 0.00201 e. The standard InChI is InChI=1S/C45H50/c1-3-5-7-9-12-20-34-26-28-41-42-30-29-36(38-22-16-24-40(45(38)42)39-23-15-21-35(34)44(39)41)37-27-25-32(17-11-8-6-4-2)31-43(37)33-18-13-10-14-19-33/h3,15-16,21-31,33H,1,4-14,17-20H2,2H3. The van der Waals surface area contributed by atoms with Gasteiger partial charge in [0.1, 0.15) is 0 Å². The van der Waals surface area contributed by atoms with Crippen LogP contribution in [0.15, 0.2) is 91.5 Å². The van der Waals surface area contributed by atoms with Crippen molar-refractivity contribution in [1.29, 1.82) is 0 Å². The topological polar surface area (TPSA) is 0 Å². The molecule has 0 unspecified atom stereocenters. The molecule has 1 aliphatic carbocycles. The van der Waals surface area contributed by atoms with Crippen molar-refractivity contribution in [2.24, 2.45) is 0 Å². The number of benzene rings is 6. The summed E-state index contributed by atoms with van der Waals surface area (Å²) >= 11 is 0. The number of fused-ring (bicyclic) bond motifs is 2. The van der Waals surface area contributed by atoms with Gasteiger partial charge in [0.2, 0.25) is 0 Å². The number of allylic oxidation sites excluding steroid dienone is 1. The molecule has 45 heavy (non-hydrogen) atoms. The quantitative estimate of drug-likeness (QED) is 0.0543. The maximum atomic E-state index is 3.89. The maximum absolute atomic E-state index is 3.89. The zero-order chi connectivity index (χ0) is 30.6. The fraction of sp³-hybridized carbons (Fsp3) is 0.378. The molecule has 6 aromatic carbocycles. The molecule has 0 heterocycles. The lowest BCUT2D eigenvalue weighted by Crippen LogP contribution is -2.07. The summed E-state index contributed by atoms with van der Waals surface area (Å²) in [4.78, 5) is 0. The van der Waals surface area contributed by atoms with Crippen molar-refractivity contribution < 1.29 is 0 Å². The fourth-order valence-electron chi connectivity index (χ4n) is 8.53. The van der Waals surface area contributed by atoms with Gasteiger partial charge in [-0.3, -0.25) is 0 Å². The Morgan fingerprint density at radius 1 is 0.600 bits per heavy atom. The first-order valence-corrected chi connectivity index (χ1v) is 18.1. The predicted octanol–water partition coefficient (Wildman–Crippen LogP) is 13.9. The van der Waals surface area contributed by atoms with Gasteiger partial charge >= 0.3 is 0 Å². The van der Waals surface area contributed by atoms with Crippen LogP contribution in [0.3, 0.4) is 0 Å². The SMILES string of the molecule is C=CCCCCCc1ccc2c3ccc(-c4ccc(CCCCCC)cc4C4CCCCC4)c4cccc(c5cccc1c52)c43. The average molecular weight is 591 g/mol. The molecule has 230 valence electrons. The van der Waals surface area contributed by atoms with E-state index in [0.29, 0.717) is 5.92 Å². The van der Waals surface area contributed by atoms with Crippen LogP contribution in [0.25, 0.3) is 54.2 Å². The molecule has 0 nitrogen and oxygen atoms in total. The van der Waals surface area contributed by atoms with Crippen LogP contribution in [0.1, 0.15) is 113 Å². The highest BCUT2D eigenvalue weighted by atomic mass is 14.3. The second kappa shape index (κ2) is 13.8. The number of rotatable bonds is 13. The molecule has 1 aliphatic rings. The Labute approximate surface area is 270 Å². The summed E-state index contributed by atoms with van der Waals surface area (Å²) in [5, 5.41) is 11.3. The molecule has 0 heteroatoms. The number of hydrogen-bond donors (Lipinski definition) is 0. The van der Waals surface area contributed by atoms with Crippen LogP contribution in [0, 0.1) is 0 Å². The van der Waals surface area contributed by atoms with Crippen LogP contribution in [-0.4, -0.2) is 0 Å². The normalized spacial score (nSPS) is 14.3. The Kier molecular flexibility index (Phi) is 9.20. The molecular formula is C45H50. The highest BCUT2D eigenvalue weighted by molar-refractivity contribution is 6.34. The summed E-state index contributed by atoms with van der Waals surface area (Å²) in [6.45, 7) is 6.20. The Bertz CT molecular complexity index is 1890. The molecule has 1 saturated carbocycles. The number of hydrogen-bond acceptors (Lipinski definition) is 0. The molecule has 0 radical (unpaired) electrons. The maximum Gasteiger partial charge on any atom is -0.00201 e. The van der Waals surface area contributed by atoms with E-state index in [1.807, 2.05) is 6.08 Å². The zero-order valence-electron chi connectivity index (χ0n) is 27.5. The average Bonchev–Trinajstić information content (AvgIpc) is 3.09. The molecule has 0 saturated heterocycles. The number of unbranched alkanes of at least 4 members (excludes halogenated alkanes) is 6. The van der Waals surface area contributed by atoms with Crippen molar-refractivity contribution in [2.75, 3.05) is 0 Å². The van der Waals surface area contributed by atoms with Crippen LogP contribution in [-0.2, 0) is 12.8 Å². The van der Waals surface area contributed by atoms with Gasteiger partial charge in [0, 0.05) is 0 Å². The van der Waals surface area contributed by atoms with E-state index in [1.54, 1.807) is 5.56 Å². The first-order chi connectivity index (χ1) is 22.3. The molecule has 1 fully saturated rings. The van der Waals surface area contributed by atoms with Crippen molar-refractivity contribution in [3.63, 3.8) is 0 Å². The van der Waals surface area contributed by atoms with Crippen molar-refractivity contribution >= 4 is 43.1 Å². The molecule has 0 amide bonds. The minimum Gasteiger partial charge on any atom is -0.103 e. The second-order valence-electron chi connectivity index (χ2n) is 13.8. The van der Waals surface area contributed by atoms with E-state index in [0.717, 1.165) is 12.8 Å². The summed E-state index contributed by atoms with van der Waals surface area (Å²) in [6.07, 6.45) is 21.4. The van der Waals surface area contributed by atoms with Crippen molar-refractivity contribution in [3.05, 3.63) is 108 Å². The Balaban J connectivity index is 1.35. The molecule has 6 aromatic rings. The van der Waals surface area contributed by atoms with Gasteiger partial charge in [-0.05, 0) is 128 Å². The first kappa shape index (κ1) is 30.0. The van der Waals surface area contributed by atoms with E-state index in [2.05, 4.69) is 92.4 Å². The van der Waals surface area contributed by atoms with Gasteiger partial charge in [0.15, 0.2) is 0 Å². The molecule has 0 aromatic heterocycles. The Hall–Kier alpha value is -3.64. The van der Waals surface area contributed by atoms with Crippen molar-refractivity contribution in [3.8, 4) is 11.1 Å². The highest BCUT2D eigenvalue weighted by Crippen LogP contribution is 2.46. The Morgan fingerprint density at radius 2 is 1.24 bits per heavy atom. The lowest BCUT2D eigenvalue weighted by Gasteiger charge is -2.26. The van der Waals surface area contributed by atoms with Crippen LogP contribution < -0.4 is 0 Å². The van der Waals surface area contributed by atoms with Crippen molar-refractivity contribution in [2.45, 2.75) is 109 Å². The van der Waals surface area contributed by atoms with Crippen LogP contribution >= 0.6 is 0 Å². The number of aryl methyl sites for hydroxylation is 2. The first-order valence-electron chi connectivity index (χ1n) is 18.1. The zero-order valence-corrected chi connectivity index (χ0v) is 27.5. The van der Waals surface area contributed by atoms with Gasteiger partial charge in [-0.1, -0.05) is 137 Å². The van der Waals surface area contributed by atoms with Crippen LogP contribution in [0.5, 0.6) is 0 Å². The molecule has 0 bridgehead atoms. The van der Waals surface area contributed by atoms with Gasteiger partial charge in [-0.2, -0.15) is 0 Å². The largest absolute Gasteiger partial charge is 0.103 e. The molecule has 0 N–H and O–H groups in total. The third kappa shape index (κ3) is 5.90. The van der Waals surface area contributed by atoms with Gasteiger partial charge < -0.3 is 0 Å². The van der Waals surface area contributed by atoms with E-state index < -0.39 is 0 Å². The molecule has 0 aliphatic heterocycles. The third-order valence-electron chi connectivity index (χ3n) is 10.9. The summed E-state index contributed by atoms with van der Waals surface area (Å²) in [7, 11) is 0.